The molecule has 0 saturated carbocycles. The van der Waals surface area contributed by atoms with Gasteiger partial charge in [0.2, 0.25) is 5.91 Å². The number of carbonyl (C=O) groups is 2. The Bertz CT molecular complexity index is 965. The van der Waals surface area contributed by atoms with Gasteiger partial charge in [-0.3, -0.25) is 9.69 Å². The third-order valence-electron chi connectivity index (χ3n) is 4.65. The lowest BCUT2D eigenvalue weighted by atomic mass is 10.2. The van der Waals surface area contributed by atoms with Crippen LogP contribution in [-0.2, 0) is 25.9 Å². The van der Waals surface area contributed by atoms with Crippen LogP contribution >= 0.6 is 11.3 Å². The van der Waals surface area contributed by atoms with Gasteiger partial charge >= 0.3 is 5.97 Å². The number of sulfone groups is 1. The SMILES string of the molecule is CCOC(=O)c1sc(NC(=O)CN(Cc2ccco2)C2CCS(=O)(=O)C2)cc1C. The largest absolute Gasteiger partial charge is 0.468 e. The van der Waals surface area contributed by atoms with Gasteiger partial charge in [0.25, 0.3) is 0 Å². The highest BCUT2D eigenvalue weighted by molar-refractivity contribution is 7.91. The second-order valence-electron chi connectivity index (χ2n) is 6.93. The van der Waals surface area contributed by atoms with Crippen LogP contribution in [0, 0.1) is 6.92 Å². The first-order chi connectivity index (χ1) is 13.8. The van der Waals surface area contributed by atoms with Crippen LogP contribution in [0.4, 0.5) is 5.00 Å². The number of nitrogens with one attached hydrogen (secondary N) is 1. The Labute approximate surface area is 173 Å². The molecule has 0 spiro atoms. The molecule has 1 fully saturated rings. The van der Waals surface area contributed by atoms with Crippen LogP contribution in [0.2, 0.25) is 0 Å². The lowest BCUT2D eigenvalue weighted by Gasteiger charge is -2.26. The molecule has 0 aliphatic carbocycles. The smallest absolute Gasteiger partial charge is 0.348 e. The van der Waals surface area contributed by atoms with Crippen molar-refractivity contribution < 1.29 is 27.2 Å². The Kier molecular flexibility index (Phi) is 6.76. The normalized spacial score (nSPS) is 18.1. The maximum atomic E-state index is 12.6. The average molecular weight is 441 g/mol. The molecule has 1 saturated heterocycles. The minimum Gasteiger partial charge on any atom is -0.468 e. The third kappa shape index (κ3) is 5.68. The van der Waals surface area contributed by atoms with Crippen LogP contribution in [0.1, 0.15) is 34.3 Å². The van der Waals surface area contributed by atoms with Gasteiger partial charge < -0.3 is 14.5 Å². The van der Waals surface area contributed by atoms with E-state index in [-0.39, 0.29) is 36.6 Å². The van der Waals surface area contributed by atoms with Gasteiger partial charge in [-0.2, -0.15) is 0 Å². The number of hydrogen-bond donors (Lipinski definition) is 1. The number of carbonyl (C=O) groups excluding carboxylic acids is 2. The van der Waals surface area contributed by atoms with E-state index in [1.165, 1.54) is 0 Å². The standard InChI is InChI=1S/C19H24N2O6S2/c1-3-26-19(23)18-13(2)9-17(28-18)20-16(22)11-21(10-15-5-4-7-27-15)14-6-8-29(24,25)12-14/h4-5,7,9,14H,3,6,8,10-12H2,1-2H3,(H,20,22). The van der Waals surface area contributed by atoms with E-state index in [0.29, 0.717) is 28.6 Å². The Balaban J connectivity index is 1.68. The van der Waals surface area contributed by atoms with E-state index in [9.17, 15) is 18.0 Å². The summed E-state index contributed by atoms with van der Waals surface area (Å²) in [5.74, 6) is 0.134. The molecule has 1 N–H and O–H groups in total. The number of furan rings is 1. The van der Waals surface area contributed by atoms with Crippen molar-refractivity contribution in [2.45, 2.75) is 32.9 Å². The maximum Gasteiger partial charge on any atom is 0.348 e. The Morgan fingerprint density at radius 2 is 2.21 bits per heavy atom. The third-order valence-corrected chi connectivity index (χ3v) is 7.53. The monoisotopic (exact) mass is 440 g/mol. The number of esters is 1. The summed E-state index contributed by atoms with van der Waals surface area (Å²) in [6, 6.07) is 5.04. The van der Waals surface area contributed by atoms with Crippen molar-refractivity contribution in [3.05, 3.63) is 40.7 Å². The molecule has 3 rings (SSSR count). The highest BCUT2D eigenvalue weighted by atomic mass is 32.2. The van der Waals surface area contributed by atoms with E-state index in [0.717, 1.165) is 16.9 Å². The van der Waals surface area contributed by atoms with E-state index in [1.54, 1.807) is 38.3 Å². The summed E-state index contributed by atoms with van der Waals surface area (Å²) in [7, 11) is -3.08. The quantitative estimate of drug-likeness (QED) is 0.629. The summed E-state index contributed by atoms with van der Waals surface area (Å²) in [4.78, 5) is 26.9. The van der Waals surface area contributed by atoms with Gasteiger partial charge in [-0.25, -0.2) is 13.2 Å². The molecular weight excluding hydrogens is 416 g/mol. The van der Waals surface area contributed by atoms with Crippen molar-refractivity contribution in [3.8, 4) is 0 Å². The first-order valence-corrected chi connectivity index (χ1v) is 12.0. The second-order valence-corrected chi connectivity index (χ2v) is 10.2. The Morgan fingerprint density at radius 3 is 2.83 bits per heavy atom. The fourth-order valence-electron chi connectivity index (χ4n) is 3.28. The summed E-state index contributed by atoms with van der Waals surface area (Å²) in [6.45, 7) is 4.17. The van der Waals surface area contributed by atoms with Crippen molar-refractivity contribution in [2.24, 2.45) is 0 Å². The Morgan fingerprint density at radius 1 is 1.41 bits per heavy atom. The zero-order valence-corrected chi connectivity index (χ0v) is 18.0. The number of nitrogens with zero attached hydrogens (tertiary/aromatic N) is 1. The number of thiophene rings is 1. The fraction of sp³-hybridized carbons (Fsp3) is 0.474. The lowest BCUT2D eigenvalue weighted by molar-refractivity contribution is -0.118. The number of hydrogen-bond acceptors (Lipinski definition) is 8. The van der Waals surface area contributed by atoms with Gasteiger partial charge in [0.1, 0.15) is 10.6 Å². The van der Waals surface area contributed by atoms with Crippen molar-refractivity contribution in [2.75, 3.05) is 30.0 Å². The summed E-state index contributed by atoms with van der Waals surface area (Å²) >= 11 is 1.16. The van der Waals surface area contributed by atoms with Crippen molar-refractivity contribution in [3.63, 3.8) is 0 Å². The van der Waals surface area contributed by atoms with Gasteiger partial charge in [-0.05, 0) is 44.0 Å². The average Bonchev–Trinajstić information content (AvgIpc) is 3.35. The van der Waals surface area contributed by atoms with Crippen molar-refractivity contribution >= 4 is 38.1 Å². The number of aryl methyl sites for hydroxylation is 1. The molecule has 3 heterocycles. The zero-order chi connectivity index (χ0) is 21.0. The predicted octanol–water partition coefficient (Wildman–Crippen LogP) is 2.45. The molecule has 1 aliphatic rings. The number of ether oxygens (including phenoxy) is 1. The number of rotatable bonds is 8. The molecule has 0 bridgehead atoms. The van der Waals surface area contributed by atoms with Gasteiger partial charge in [-0.1, -0.05) is 0 Å². The molecule has 29 heavy (non-hydrogen) atoms. The van der Waals surface area contributed by atoms with Crippen LogP contribution in [-0.4, -0.2) is 55.9 Å². The highest BCUT2D eigenvalue weighted by Crippen LogP contribution is 2.27. The van der Waals surface area contributed by atoms with E-state index >= 15 is 0 Å². The molecule has 1 aliphatic heterocycles. The van der Waals surface area contributed by atoms with Crippen LogP contribution in [0.15, 0.2) is 28.9 Å². The topological polar surface area (TPSA) is 106 Å². The molecule has 0 aromatic carbocycles. The maximum absolute atomic E-state index is 12.6. The van der Waals surface area contributed by atoms with E-state index in [4.69, 9.17) is 9.15 Å². The van der Waals surface area contributed by atoms with Crippen molar-refractivity contribution in [1.82, 2.24) is 4.90 Å². The molecule has 10 heteroatoms. The summed E-state index contributed by atoms with van der Waals surface area (Å²) in [5.41, 5.74) is 0.734. The van der Waals surface area contributed by atoms with Crippen LogP contribution in [0.3, 0.4) is 0 Å². The molecule has 2 aromatic heterocycles. The van der Waals surface area contributed by atoms with Gasteiger partial charge in [0.05, 0.1) is 42.5 Å². The lowest BCUT2D eigenvalue weighted by Crippen LogP contribution is -2.41. The van der Waals surface area contributed by atoms with E-state index < -0.39 is 15.8 Å². The van der Waals surface area contributed by atoms with Crippen LogP contribution in [0.5, 0.6) is 0 Å². The first-order valence-electron chi connectivity index (χ1n) is 9.31. The minimum atomic E-state index is -3.08. The van der Waals surface area contributed by atoms with Crippen LogP contribution < -0.4 is 5.32 Å². The molecular formula is C19H24N2O6S2. The second kappa shape index (κ2) is 9.10. The van der Waals surface area contributed by atoms with E-state index in [1.807, 2.05) is 4.90 Å². The number of anilines is 1. The van der Waals surface area contributed by atoms with E-state index in [2.05, 4.69) is 5.32 Å². The van der Waals surface area contributed by atoms with Crippen molar-refractivity contribution in [1.29, 1.82) is 0 Å². The molecule has 1 unspecified atom stereocenters. The van der Waals surface area contributed by atoms with Gasteiger partial charge in [0.15, 0.2) is 9.84 Å². The first kappa shape index (κ1) is 21.5. The summed E-state index contributed by atoms with van der Waals surface area (Å²) < 4.78 is 34.2. The Hall–Kier alpha value is -2.17. The molecule has 1 atom stereocenters. The fourth-order valence-corrected chi connectivity index (χ4v) is 6.03. The van der Waals surface area contributed by atoms with Crippen LogP contribution in [0.25, 0.3) is 0 Å². The highest BCUT2D eigenvalue weighted by Gasteiger charge is 2.33. The molecule has 8 nitrogen and oxygen atoms in total. The summed E-state index contributed by atoms with van der Waals surface area (Å²) in [5, 5.41) is 3.35. The predicted molar refractivity (Wildman–Crippen MR) is 110 cm³/mol. The summed E-state index contributed by atoms with van der Waals surface area (Å²) in [6.07, 6.45) is 2.03. The molecule has 1 amide bonds. The molecule has 0 radical (unpaired) electrons. The van der Waals surface area contributed by atoms with Gasteiger partial charge in [-0.15, -0.1) is 11.3 Å². The minimum absolute atomic E-state index is 0.0204. The molecule has 2 aromatic rings. The van der Waals surface area contributed by atoms with Gasteiger partial charge in [0, 0.05) is 6.04 Å². The zero-order valence-electron chi connectivity index (χ0n) is 16.3. The molecule has 158 valence electrons. The number of amides is 1.